The fourth-order valence-electron chi connectivity index (χ4n) is 3.50. The second-order valence-electron chi connectivity index (χ2n) is 7.36. The van der Waals surface area contributed by atoms with Gasteiger partial charge in [0.25, 0.3) is 0 Å². The first kappa shape index (κ1) is 18.3. The van der Waals surface area contributed by atoms with E-state index < -0.39 is 0 Å². The third kappa shape index (κ3) is 3.54. The van der Waals surface area contributed by atoms with Crippen LogP contribution in [0.3, 0.4) is 0 Å². The van der Waals surface area contributed by atoms with Gasteiger partial charge >= 0.3 is 0 Å². The van der Waals surface area contributed by atoms with Crippen molar-refractivity contribution < 1.29 is 14.3 Å². The quantitative estimate of drug-likeness (QED) is 0.707. The van der Waals surface area contributed by atoms with Crippen LogP contribution in [0.25, 0.3) is 5.65 Å². The minimum atomic E-state index is -0.142. The predicted octanol–water partition coefficient (Wildman–Crippen LogP) is 3.81. The van der Waals surface area contributed by atoms with Crippen molar-refractivity contribution in [2.24, 2.45) is 0 Å². The van der Waals surface area contributed by atoms with Crippen LogP contribution in [0.5, 0.6) is 11.5 Å². The Bertz CT molecular complexity index is 1010. The number of carbonyl (C=O) groups is 1. The van der Waals surface area contributed by atoms with Crippen molar-refractivity contribution in [3.05, 3.63) is 59.5 Å². The highest BCUT2D eigenvalue weighted by Crippen LogP contribution is 2.37. The summed E-state index contributed by atoms with van der Waals surface area (Å²) in [6, 6.07) is 10.1. The Kier molecular flexibility index (Phi) is 4.94. The van der Waals surface area contributed by atoms with E-state index in [0.717, 1.165) is 40.4 Å². The number of imidazole rings is 1. The van der Waals surface area contributed by atoms with E-state index in [1.54, 1.807) is 0 Å². The molecule has 3 heterocycles. The predicted molar refractivity (Wildman–Crippen MR) is 107 cm³/mol. The van der Waals surface area contributed by atoms with Gasteiger partial charge in [0, 0.05) is 30.8 Å². The van der Waals surface area contributed by atoms with Crippen LogP contribution in [0, 0.1) is 6.92 Å². The van der Waals surface area contributed by atoms with Crippen LogP contribution in [0.4, 0.5) is 0 Å². The van der Waals surface area contributed by atoms with Gasteiger partial charge in [-0.3, -0.25) is 4.79 Å². The molecular weight excluding hydrogens is 354 g/mol. The molecule has 1 aliphatic rings. The molecule has 0 fully saturated rings. The van der Waals surface area contributed by atoms with Crippen LogP contribution >= 0.6 is 0 Å². The van der Waals surface area contributed by atoms with Crippen LogP contribution in [0.2, 0.25) is 0 Å². The Balaban J connectivity index is 1.73. The summed E-state index contributed by atoms with van der Waals surface area (Å²) in [4.78, 5) is 17.3. The molecule has 2 unspecified atom stereocenters. The number of aromatic nitrogens is 2. The van der Waals surface area contributed by atoms with E-state index in [2.05, 4.69) is 21.6 Å². The van der Waals surface area contributed by atoms with Gasteiger partial charge in [0.1, 0.15) is 5.65 Å². The van der Waals surface area contributed by atoms with Gasteiger partial charge in [-0.15, -0.1) is 0 Å². The van der Waals surface area contributed by atoms with Crippen molar-refractivity contribution in [1.82, 2.24) is 14.7 Å². The lowest BCUT2D eigenvalue weighted by molar-refractivity contribution is -0.121. The van der Waals surface area contributed by atoms with Gasteiger partial charge < -0.3 is 19.2 Å². The topological polar surface area (TPSA) is 64.9 Å². The van der Waals surface area contributed by atoms with Crippen molar-refractivity contribution in [2.45, 2.75) is 45.6 Å². The smallest absolute Gasteiger partial charge is 0.231 e. The Hall–Kier alpha value is -3.02. The average Bonchev–Trinajstić information content (AvgIpc) is 3.31. The van der Waals surface area contributed by atoms with Gasteiger partial charge in [-0.2, -0.15) is 0 Å². The molecule has 3 aromatic rings. The summed E-state index contributed by atoms with van der Waals surface area (Å²) in [5.41, 5.74) is 4.01. The third-order valence-corrected chi connectivity index (χ3v) is 5.26. The number of nitrogens with one attached hydrogen (secondary N) is 1. The summed E-state index contributed by atoms with van der Waals surface area (Å²) in [5, 5.41) is 3.08. The average molecular weight is 379 g/mol. The SMILES string of the molecule is CCC(C)NC(=O)CC(c1ccc2c(c1)OCO2)c1cnc2cc(C)ccn12. The van der Waals surface area contributed by atoms with Crippen LogP contribution < -0.4 is 14.8 Å². The zero-order chi connectivity index (χ0) is 19.7. The van der Waals surface area contributed by atoms with Gasteiger partial charge in [0.05, 0.1) is 5.69 Å². The van der Waals surface area contributed by atoms with Gasteiger partial charge in [0.15, 0.2) is 11.5 Å². The van der Waals surface area contributed by atoms with E-state index in [0.29, 0.717) is 6.42 Å². The number of amides is 1. The molecule has 0 saturated heterocycles. The molecule has 0 spiro atoms. The van der Waals surface area contributed by atoms with Crippen LogP contribution in [-0.2, 0) is 4.79 Å². The van der Waals surface area contributed by atoms with E-state index in [1.807, 2.05) is 56.6 Å². The lowest BCUT2D eigenvalue weighted by Gasteiger charge is -2.19. The first-order valence-corrected chi connectivity index (χ1v) is 9.67. The van der Waals surface area contributed by atoms with Crippen LogP contribution in [0.15, 0.2) is 42.7 Å². The van der Waals surface area contributed by atoms with Crippen molar-refractivity contribution >= 4 is 11.6 Å². The number of hydrogen-bond donors (Lipinski definition) is 1. The Morgan fingerprint density at radius 1 is 1.25 bits per heavy atom. The fraction of sp³-hybridized carbons (Fsp3) is 0.364. The maximum Gasteiger partial charge on any atom is 0.231 e. The molecule has 146 valence electrons. The van der Waals surface area contributed by atoms with Crippen molar-refractivity contribution in [3.8, 4) is 11.5 Å². The molecule has 0 saturated carbocycles. The van der Waals surface area contributed by atoms with E-state index >= 15 is 0 Å². The van der Waals surface area contributed by atoms with E-state index in [-0.39, 0.29) is 24.7 Å². The molecule has 2 aromatic heterocycles. The number of pyridine rings is 1. The molecule has 1 N–H and O–H groups in total. The maximum absolute atomic E-state index is 12.7. The Morgan fingerprint density at radius 2 is 2.07 bits per heavy atom. The van der Waals surface area contributed by atoms with Crippen molar-refractivity contribution in [3.63, 3.8) is 0 Å². The molecule has 6 nitrogen and oxygen atoms in total. The normalized spacial score (nSPS) is 14.8. The molecule has 28 heavy (non-hydrogen) atoms. The summed E-state index contributed by atoms with van der Waals surface area (Å²) >= 11 is 0. The summed E-state index contributed by atoms with van der Waals surface area (Å²) in [6.45, 7) is 6.35. The van der Waals surface area contributed by atoms with Gasteiger partial charge in [0.2, 0.25) is 12.7 Å². The lowest BCUT2D eigenvalue weighted by atomic mass is 9.91. The molecule has 0 aliphatic carbocycles. The summed E-state index contributed by atoms with van der Waals surface area (Å²) in [5.74, 6) is 1.34. The number of rotatable bonds is 6. The Morgan fingerprint density at radius 3 is 2.89 bits per heavy atom. The molecule has 6 heteroatoms. The number of hydrogen-bond acceptors (Lipinski definition) is 4. The first-order chi connectivity index (χ1) is 13.5. The maximum atomic E-state index is 12.7. The second-order valence-corrected chi connectivity index (χ2v) is 7.36. The number of carbonyl (C=O) groups excluding carboxylic acids is 1. The monoisotopic (exact) mass is 379 g/mol. The molecule has 1 aromatic carbocycles. The Labute approximate surface area is 164 Å². The molecule has 1 amide bonds. The minimum Gasteiger partial charge on any atom is -0.454 e. The highest BCUT2D eigenvalue weighted by atomic mass is 16.7. The van der Waals surface area contributed by atoms with Gasteiger partial charge in [-0.05, 0) is 55.7 Å². The standard InChI is InChI=1S/C22H25N3O3/c1-4-15(3)24-22(26)11-17(16-5-6-19-20(10-16)28-13-27-19)18-12-23-21-9-14(2)7-8-25(18)21/h5-10,12,15,17H,4,11,13H2,1-3H3,(H,24,26). The molecule has 0 radical (unpaired) electrons. The lowest BCUT2D eigenvalue weighted by Crippen LogP contribution is -2.33. The molecule has 1 aliphatic heterocycles. The first-order valence-electron chi connectivity index (χ1n) is 9.67. The third-order valence-electron chi connectivity index (χ3n) is 5.26. The largest absolute Gasteiger partial charge is 0.454 e. The number of fused-ring (bicyclic) bond motifs is 2. The van der Waals surface area contributed by atoms with Crippen LogP contribution in [-0.4, -0.2) is 28.1 Å². The molecule has 2 atom stereocenters. The van der Waals surface area contributed by atoms with Gasteiger partial charge in [-0.1, -0.05) is 13.0 Å². The van der Waals surface area contributed by atoms with Crippen molar-refractivity contribution in [2.75, 3.05) is 6.79 Å². The van der Waals surface area contributed by atoms with Gasteiger partial charge in [-0.25, -0.2) is 4.98 Å². The zero-order valence-electron chi connectivity index (χ0n) is 16.4. The minimum absolute atomic E-state index is 0.0269. The molecule has 4 rings (SSSR count). The van der Waals surface area contributed by atoms with E-state index in [4.69, 9.17) is 9.47 Å². The van der Waals surface area contributed by atoms with E-state index in [1.165, 1.54) is 0 Å². The van der Waals surface area contributed by atoms with Crippen LogP contribution in [0.1, 0.15) is 49.4 Å². The molecule has 0 bridgehead atoms. The molecular formula is C22H25N3O3. The number of benzene rings is 1. The fourth-order valence-corrected chi connectivity index (χ4v) is 3.50. The number of nitrogens with zero attached hydrogens (tertiary/aromatic N) is 2. The van der Waals surface area contributed by atoms with E-state index in [9.17, 15) is 4.79 Å². The number of aryl methyl sites for hydroxylation is 1. The summed E-state index contributed by atoms with van der Waals surface area (Å²) in [6.07, 6.45) is 5.11. The summed E-state index contributed by atoms with van der Waals surface area (Å²) < 4.78 is 13.0. The zero-order valence-corrected chi connectivity index (χ0v) is 16.4. The highest BCUT2D eigenvalue weighted by molar-refractivity contribution is 5.78. The number of ether oxygens (including phenoxy) is 2. The summed E-state index contributed by atoms with van der Waals surface area (Å²) in [7, 11) is 0. The van der Waals surface area contributed by atoms with Crippen molar-refractivity contribution in [1.29, 1.82) is 0 Å². The highest BCUT2D eigenvalue weighted by Gasteiger charge is 2.25. The second kappa shape index (κ2) is 7.54.